The molecule has 1 atom stereocenters. The Bertz CT molecular complexity index is 765. The van der Waals surface area contributed by atoms with Crippen molar-refractivity contribution >= 4 is 43.2 Å². The van der Waals surface area contributed by atoms with Gasteiger partial charge < -0.3 is 5.73 Å². The number of sulfonamides is 1. The quantitative estimate of drug-likeness (QED) is 0.783. The molecule has 2 aromatic rings. The fourth-order valence-electron chi connectivity index (χ4n) is 1.87. The van der Waals surface area contributed by atoms with Gasteiger partial charge in [-0.15, -0.1) is 0 Å². The maximum Gasteiger partial charge on any atom is 0.242 e. The fraction of sp³-hybridized carbons (Fsp3) is 0.143. The maximum atomic E-state index is 12.4. The molecule has 0 heterocycles. The fourth-order valence-corrected chi connectivity index (χ4v) is 4.30. The van der Waals surface area contributed by atoms with Crippen LogP contribution in [-0.2, 0) is 10.0 Å². The van der Waals surface area contributed by atoms with Gasteiger partial charge in [-0.2, -0.15) is 0 Å². The summed E-state index contributed by atoms with van der Waals surface area (Å²) in [5, 5.41) is 0.559. The summed E-state index contributed by atoms with van der Waals surface area (Å²) in [7, 11) is -3.69. The van der Waals surface area contributed by atoms with Gasteiger partial charge in [0.1, 0.15) is 0 Å². The van der Waals surface area contributed by atoms with Crippen LogP contribution in [0.25, 0.3) is 0 Å². The van der Waals surface area contributed by atoms with Gasteiger partial charge in [-0.1, -0.05) is 23.7 Å². The largest absolute Gasteiger partial charge is 0.399 e. The van der Waals surface area contributed by atoms with Crippen LogP contribution < -0.4 is 10.5 Å². The highest BCUT2D eigenvalue weighted by molar-refractivity contribution is 9.10. The third-order valence-corrected chi connectivity index (χ3v) is 5.70. The number of rotatable bonds is 4. The molecule has 0 fully saturated rings. The van der Waals surface area contributed by atoms with Crippen LogP contribution in [-0.4, -0.2) is 8.42 Å². The normalized spacial score (nSPS) is 13.1. The van der Waals surface area contributed by atoms with E-state index in [4.69, 9.17) is 17.3 Å². The molecule has 1 unspecified atom stereocenters. The van der Waals surface area contributed by atoms with Crippen molar-refractivity contribution in [1.29, 1.82) is 0 Å². The number of benzene rings is 2. The topological polar surface area (TPSA) is 72.2 Å². The molecule has 0 aliphatic heterocycles. The van der Waals surface area contributed by atoms with Gasteiger partial charge in [0.05, 0.1) is 4.90 Å². The summed E-state index contributed by atoms with van der Waals surface area (Å²) in [6.45, 7) is 1.75. The van der Waals surface area contributed by atoms with Crippen molar-refractivity contribution < 1.29 is 8.42 Å². The molecule has 0 aliphatic carbocycles. The first-order valence-electron chi connectivity index (χ1n) is 6.12. The van der Waals surface area contributed by atoms with Crippen LogP contribution in [0.1, 0.15) is 18.5 Å². The van der Waals surface area contributed by atoms with Crippen molar-refractivity contribution in [3.63, 3.8) is 0 Å². The average Bonchev–Trinajstić information content (AvgIpc) is 2.41. The first-order valence-corrected chi connectivity index (χ1v) is 8.78. The minimum Gasteiger partial charge on any atom is -0.399 e. The molecule has 0 saturated carbocycles. The van der Waals surface area contributed by atoms with Crippen molar-refractivity contribution in [2.75, 3.05) is 5.73 Å². The van der Waals surface area contributed by atoms with Crippen molar-refractivity contribution in [2.45, 2.75) is 17.9 Å². The standard InChI is InChI=1S/C14H14BrClN2O2S/c1-9(10-3-2-4-11(16)7-10)18-21(19,20)14-8-12(17)5-6-13(14)15/h2-9,18H,17H2,1H3. The summed E-state index contributed by atoms with van der Waals surface area (Å²) in [4.78, 5) is 0.108. The lowest BCUT2D eigenvalue weighted by Gasteiger charge is -2.16. The van der Waals surface area contributed by atoms with E-state index in [1.54, 1.807) is 37.3 Å². The average molecular weight is 390 g/mol. The Hall–Kier alpha value is -1.08. The van der Waals surface area contributed by atoms with E-state index in [0.717, 1.165) is 5.56 Å². The Morgan fingerprint density at radius 2 is 1.95 bits per heavy atom. The SMILES string of the molecule is CC(NS(=O)(=O)c1cc(N)ccc1Br)c1cccc(Cl)c1. The van der Waals surface area contributed by atoms with Crippen LogP contribution in [0, 0.1) is 0 Å². The van der Waals surface area contributed by atoms with Gasteiger partial charge in [0.25, 0.3) is 0 Å². The number of hydrogen-bond donors (Lipinski definition) is 2. The summed E-state index contributed by atoms with van der Waals surface area (Å²) in [5.74, 6) is 0. The maximum absolute atomic E-state index is 12.4. The van der Waals surface area contributed by atoms with Gasteiger partial charge in [-0.25, -0.2) is 13.1 Å². The van der Waals surface area contributed by atoms with Crippen LogP contribution in [0.4, 0.5) is 5.69 Å². The van der Waals surface area contributed by atoms with E-state index in [1.807, 2.05) is 6.07 Å². The van der Waals surface area contributed by atoms with Crippen LogP contribution in [0.2, 0.25) is 5.02 Å². The molecule has 7 heteroatoms. The molecule has 3 N–H and O–H groups in total. The summed E-state index contributed by atoms with van der Waals surface area (Å²) < 4.78 is 28.0. The second kappa shape index (κ2) is 6.36. The van der Waals surface area contributed by atoms with E-state index in [1.165, 1.54) is 6.07 Å². The van der Waals surface area contributed by atoms with E-state index in [-0.39, 0.29) is 4.90 Å². The van der Waals surface area contributed by atoms with E-state index >= 15 is 0 Å². The van der Waals surface area contributed by atoms with Crippen molar-refractivity contribution in [2.24, 2.45) is 0 Å². The molecule has 0 bridgehead atoms. The lowest BCUT2D eigenvalue weighted by Crippen LogP contribution is -2.27. The lowest BCUT2D eigenvalue weighted by atomic mass is 10.1. The highest BCUT2D eigenvalue weighted by Gasteiger charge is 2.21. The van der Waals surface area contributed by atoms with E-state index in [0.29, 0.717) is 15.2 Å². The van der Waals surface area contributed by atoms with Gasteiger partial charge in [0.15, 0.2) is 0 Å². The molecule has 0 aromatic heterocycles. The molecule has 0 spiro atoms. The summed E-state index contributed by atoms with van der Waals surface area (Å²) in [6.07, 6.45) is 0. The number of nitrogens with one attached hydrogen (secondary N) is 1. The predicted octanol–water partition coefficient (Wildman–Crippen LogP) is 3.72. The number of halogens is 2. The van der Waals surface area contributed by atoms with Crippen LogP contribution in [0.3, 0.4) is 0 Å². The molecule has 0 saturated heterocycles. The molecule has 112 valence electrons. The smallest absolute Gasteiger partial charge is 0.242 e. The van der Waals surface area contributed by atoms with Crippen LogP contribution in [0.5, 0.6) is 0 Å². The minimum atomic E-state index is -3.69. The number of nitrogen functional groups attached to an aromatic ring is 1. The van der Waals surface area contributed by atoms with E-state index in [9.17, 15) is 8.42 Å². The Morgan fingerprint density at radius 3 is 2.62 bits per heavy atom. The van der Waals surface area contributed by atoms with Gasteiger partial charge in [-0.05, 0) is 58.7 Å². The zero-order valence-corrected chi connectivity index (χ0v) is 14.3. The Labute approximate surface area is 137 Å². The van der Waals surface area contributed by atoms with E-state index < -0.39 is 16.1 Å². The third kappa shape index (κ3) is 3.97. The summed E-state index contributed by atoms with van der Waals surface area (Å²) >= 11 is 9.15. The monoisotopic (exact) mass is 388 g/mol. The molecular weight excluding hydrogens is 376 g/mol. The summed E-state index contributed by atoms with van der Waals surface area (Å²) in [6, 6.07) is 11.3. The predicted molar refractivity (Wildman–Crippen MR) is 88.7 cm³/mol. The van der Waals surface area contributed by atoms with Crippen LogP contribution in [0.15, 0.2) is 51.8 Å². The van der Waals surface area contributed by atoms with Gasteiger partial charge >= 0.3 is 0 Å². The van der Waals surface area contributed by atoms with Gasteiger partial charge in [-0.3, -0.25) is 0 Å². The molecule has 0 radical (unpaired) electrons. The molecule has 0 amide bonds. The number of nitrogens with two attached hydrogens (primary N) is 1. The highest BCUT2D eigenvalue weighted by Crippen LogP contribution is 2.26. The number of hydrogen-bond acceptors (Lipinski definition) is 3. The molecular formula is C14H14BrClN2O2S. The molecule has 2 aromatic carbocycles. The zero-order chi connectivity index (χ0) is 15.6. The molecule has 21 heavy (non-hydrogen) atoms. The first kappa shape index (κ1) is 16.3. The molecule has 4 nitrogen and oxygen atoms in total. The number of anilines is 1. The Kier molecular flexibility index (Phi) is 4.93. The van der Waals surface area contributed by atoms with E-state index in [2.05, 4.69) is 20.7 Å². The van der Waals surface area contributed by atoms with Gasteiger partial charge in [0.2, 0.25) is 10.0 Å². The Balaban J connectivity index is 2.31. The first-order chi connectivity index (χ1) is 9.79. The summed E-state index contributed by atoms with van der Waals surface area (Å²) in [5.41, 5.74) is 6.82. The zero-order valence-electron chi connectivity index (χ0n) is 11.2. The van der Waals surface area contributed by atoms with Gasteiger partial charge in [0, 0.05) is 21.2 Å². The highest BCUT2D eigenvalue weighted by atomic mass is 79.9. The molecule has 2 rings (SSSR count). The second-order valence-corrected chi connectivity index (χ2v) is 7.56. The van der Waals surface area contributed by atoms with Crippen molar-refractivity contribution in [1.82, 2.24) is 4.72 Å². The van der Waals surface area contributed by atoms with Crippen molar-refractivity contribution in [3.05, 3.63) is 57.5 Å². The van der Waals surface area contributed by atoms with Crippen molar-refractivity contribution in [3.8, 4) is 0 Å². The second-order valence-electron chi connectivity index (χ2n) is 4.59. The molecule has 0 aliphatic rings. The van der Waals surface area contributed by atoms with Crippen LogP contribution >= 0.6 is 27.5 Å². The minimum absolute atomic E-state index is 0.108. The third-order valence-electron chi connectivity index (χ3n) is 2.93. The lowest BCUT2D eigenvalue weighted by molar-refractivity contribution is 0.566. The Morgan fingerprint density at radius 1 is 1.24 bits per heavy atom.